The minimum Gasteiger partial charge on any atom is -0.496 e. The van der Waals surface area contributed by atoms with Crippen LogP contribution >= 0.6 is 11.8 Å². The van der Waals surface area contributed by atoms with E-state index in [1.807, 2.05) is 30.3 Å². The molecule has 0 aliphatic heterocycles. The second-order valence-electron chi connectivity index (χ2n) is 4.54. The monoisotopic (exact) mass is 303 g/mol. The first-order valence-corrected chi connectivity index (χ1v) is 8.01. The molecule has 5 heteroatoms. The van der Waals surface area contributed by atoms with E-state index >= 15 is 0 Å². The van der Waals surface area contributed by atoms with Crippen LogP contribution in [0.25, 0.3) is 0 Å². The summed E-state index contributed by atoms with van der Waals surface area (Å²) in [7, 11) is 1.69. The molecule has 1 N–H and O–H groups in total. The molecule has 0 atom stereocenters. The molecule has 0 aliphatic carbocycles. The summed E-state index contributed by atoms with van der Waals surface area (Å²) in [5, 5.41) is 4.20. The number of ether oxygens (including phenoxy) is 1. The molecule has 112 valence electrons. The van der Waals surface area contributed by atoms with Gasteiger partial charge in [0.15, 0.2) is 0 Å². The minimum atomic E-state index is 0.849. The van der Waals surface area contributed by atoms with Gasteiger partial charge in [0.1, 0.15) is 22.4 Å². The van der Waals surface area contributed by atoms with E-state index in [-0.39, 0.29) is 0 Å². The fourth-order valence-electron chi connectivity index (χ4n) is 1.95. The van der Waals surface area contributed by atoms with Gasteiger partial charge in [0.25, 0.3) is 0 Å². The van der Waals surface area contributed by atoms with E-state index in [4.69, 9.17) is 4.74 Å². The maximum absolute atomic E-state index is 5.39. The first-order chi connectivity index (χ1) is 10.3. The molecule has 0 radical (unpaired) electrons. The molecule has 21 heavy (non-hydrogen) atoms. The van der Waals surface area contributed by atoms with Gasteiger partial charge in [-0.05, 0) is 25.5 Å². The number of nitrogens with one attached hydrogen (secondary N) is 1. The zero-order valence-corrected chi connectivity index (χ0v) is 13.5. The number of anilines is 1. The van der Waals surface area contributed by atoms with Gasteiger partial charge in [-0.25, -0.2) is 9.97 Å². The van der Waals surface area contributed by atoms with Crippen molar-refractivity contribution in [3.8, 4) is 5.75 Å². The van der Waals surface area contributed by atoms with Crippen LogP contribution in [-0.2, 0) is 6.42 Å². The van der Waals surface area contributed by atoms with Crippen LogP contribution < -0.4 is 10.1 Å². The lowest BCUT2D eigenvalue weighted by Crippen LogP contribution is -2.04. The van der Waals surface area contributed by atoms with Crippen molar-refractivity contribution in [3.63, 3.8) is 0 Å². The summed E-state index contributed by atoms with van der Waals surface area (Å²) in [5.41, 5.74) is 0. The number of hydrogen-bond donors (Lipinski definition) is 1. The maximum Gasteiger partial charge on any atom is 0.132 e. The third-order valence-electron chi connectivity index (χ3n) is 2.86. The van der Waals surface area contributed by atoms with Gasteiger partial charge in [-0.15, -0.1) is 0 Å². The van der Waals surface area contributed by atoms with Crippen LogP contribution in [0.2, 0.25) is 0 Å². The van der Waals surface area contributed by atoms with Gasteiger partial charge in [0, 0.05) is 19.0 Å². The predicted molar refractivity (Wildman–Crippen MR) is 87.3 cm³/mol. The van der Waals surface area contributed by atoms with Crippen LogP contribution in [0.4, 0.5) is 5.82 Å². The van der Waals surface area contributed by atoms with Crippen molar-refractivity contribution in [3.05, 3.63) is 36.2 Å². The lowest BCUT2D eigenvalue weighted by Gasteiger charge is -2.10. The number of hydrogen-bond acceptors (Lipinski definition) is 5. The molecule has 0 saturated carbocycles. The van der Waals surface area contributed by atoms with E-state index in [1.165, 1.54) is 0 Å². The summed E-state index contributed by atoms with van der Waals surface area (Å²) in [6.07, 6.45) is 1.92. The van der Waals surface area contributed by atoms with Crippen molar-refractivity contribution in [2.24, 2.45) is 0 Å². The highest BCUT2D eigenvalue weighted by Gasteiger charge is 2.08. The molecule has 1 aromatic heterocycles. The molecule has 2 aromatic rings. The molecule has 1 aromatic carbocycles. The topological polar surface area (TPSA) is 47.0 Å². The third-order valence-corrected chi connectivity index (χ3v) is 3.84. The maximum atomic E-state index is 5.39. The highest BCUT2D eigenvalue weighted by molar-refractivity contribution is 7.99. The Bertz CT molecular complexity index is 565. The number of methoxy groups -OCH3 is 1. The second-order valence-corrected chi connectivity index (χ2v) is 5.60. The van der Waals surface area contributed by atoms with Gasteiger partial charge in [0.05, 0.1) is 12.0 Å². The Morgan fingerprint density at radius 3 is 2.71 bits per heavy atom. The van der Waals surface area contributed by atoms with Crippen molar-refractivity contribution in [2.45, 2.75) is 36.6 Å². The Morgan fingerprint density at radius 2 is 2.00 bits per heavy atom. The molecular formula is C16H21N3OS. The lowest BCUT2D eigenvalue weighted by atomic mass is 10.3. The van der Waals surface area contributed by atoms with Crippen molar-refractivity contribution in [2.75, 3.05) is 19.0 Å². The van der Waals surface area contributed by atoms with Gasteiger partial charge >= 0.3 is 0 Å². The molecule has 0 spiro atoms. The first kappa shape index (κ1) is 15.6. The SMILES string of the molecule is CCCc1nc(NCC)cc(Sc2ccccc2OC)n1. The van der Waals surface area contributed by atoms with E-state index in [1.54, 1.807) is 18.9 Å². The summed E-state index contributed by atoms with van der Waals surface area (Å²) in [6.45, 7) is 5.05. The molecule has 1 heterocycles. The van der Waals surface area contributed by atoms with Gasteiger partial charge in [-0.2, -0.15) is 0 Å². The Kier molecular flexibility index (Phi) is 5.87. The lowest BCUT2D eigenvalue weighted by molar-refractivity contribution is 0.405. The van der Waals surface area contributed by atoms with Crippen LogP contribution in [0, 0.1) is 0 Å². The van der Waals surface area contributed by atoms with Gasteiger partial charge in [0.2, 0.25) is 0 Å². The number of aryl methyl sites for hydroxylation is 1. The second kappa shape index (κ2) is 7.88. The van der Waals surface area contributed by atoms with Crippen molar-refractivity contribution in [1.29, 1.82) is 0 Å². The number of aromatic nitrogens is 2. The third kappa shape index (κ3) is 4.36. The first-order valence-electron chi connectivity index (χ1n) is 7.19. The Hall–Kier alpha value is -1.75. The highest BCUT2D eigenvalue weighted by Crippen LogP contribution is 2.34. The minimum absolute atomic E-state index is 0.849. The molecular weight excluding hydrogens is 282 g/mol. The van der Waals surface area contributed by atoms with E-state index < -0.39 is 0 Å². The van der Waals surface area contributed by atoms with Crippen molar-refractivity contribution >= 4 is 17.6 Å². The highest BCUT2D eigenvalue weighted by atomic mass is 32.2. The Labute approximate surface area is 130 Å². The molecule has 0 saturated heterocycles. The zero-order chi connectivity index (χ0) is 15.1. The van der Waals surface area contributed by atoms with Gasteiger partial charge < -0.3 is 10.1 Å². The number of nitrogens with zero attached hydrogens (tertiary/aromatic N) is 2. The van der Waals surface area contributed by atoms with Crippen LogP contribution in [0.15, 0.2) is 40.3 Å². The van der Waals surface area contributed by atoms with E-state index in [0.29, 0.717) is 0 Å². The average Bonchev–Trinajstić information content (AvgIpc) is 2.48. The van der Waals surface area contributed by atoms with Gasteiger partial charge in [-0.3, -0.25) is 0 Å². The van der Waals surface area contributed by atoms with Crippen molar-refractivity contribution < 1.29 is 4.74 Å². The largest absolute Gasteiger partial charge is 0.496 e. The van der Waals surface area contributed by atoms with Crippen LogP contribution in [0.1, 0.15) is 26.1 Å². The molecule has 0 amide bonds. The van der Waals surface area contributed by atoms with Crippen molar-refractivity contribution in [1.82, 2.24) is 9.97 Å². The van der Waals surface area contributed by atoms with Crippen LogP contribution in [-0.4, -0.2) is 23.6 Å². The standard InChI is InChI=1S/C16H21N3OS/c1-4-8-14-18-15(17-5-2)11-16(19-14)21-13-10-7-6-9-12(13)20-3/h6-7,9-11H,4-5,8H2,1-3H3,(H,17,18,19). The van der Waals surface area contributed by atoms with E-state index in [2.05, 4.69) is 29.1 Å². The summed E-state index contributed by atoms with van der Waals surface area (Å²) >= 11 is 1.60. The average molecular weight is 303 g/mol. The molecule has 0 bridgehead atoms. The molecule has 0 aliphatic rings. The molecule has 0 unspecified atom stereocenters. The Morgan fingerprint density at radius 1 is 1.19 bits per heavy atom. The molecule has 0 fully saturated rings. The molecule has 2 rings (SSSR count). The fraction of sp³-hybridized carbons (Fsp3) is 0.375. The van der Waals surface area contributed by atoms with Crippen LogP contribution in [0.5, 0.6) is 5.75 Å². The summed E-state index contributed by atoms with van der Waals surface area (Å²) in [5.74, 6) is 2.63. The number of rotatable bonds is 7. The zero-order valence-electron chi connectivity index (χ0n) is 12.7. The Balaban J connectivity index is 2.29. The van der Waals surface area contributed by atoms with E-state index in [9.17, 15) is 0 Å². The summed E-state index contributed by atoms with van der Waals surface area (Å²) in [6, 6.07) is 9.96. The smallest absolute Gasteiger partial charge is 0.132 e. The van der Waals surface area contributed by atoms with Gasteiger partial charge in [-0.1, -0.05) is 30.8 Å². The predicted octanol–water partition coefficient (Wildman–Crippen LogP) is 4.02. The fourth-order valence-corrected chi connectivity index (χ4v) is 2.89. The van der Waals surface area contributed by atoms with E-state index in [0.717, 1.165) is 46.7 Å². The number of para-hydroxylation sites is 1. The quantitative estimate of drug-likeness (QED) is 0.783. The normalized spacial score (nSPS) is 10.4. The number of benzene rings is 1. The molecule has 4 nitrogen and oxygen atoms in total. The summed E-state index contributed by atoms with van der Waals surface area (Å²) in [4.78, 5) is 10.2. The van der Waals surface area contributed by atoms with Crippen LogP contribution in [0.3, 0.4) is 0 Å². The summed E-state index contributed by atoms with van der Waals surface area (Å²) < 4.78 is 5.39.